The first-order valence-electron chi connectivity index (χ1n) is 9.68. The Morgan fingerprint density at radius 2 is 1.26 bits per heavy atom. The molecule has 0 N–H and O–H groups in total. The van der Waals surface area contributed by atoms with Gasteiger partial charge >= 0.3 is 0 Å². The standard InChI is InChI=1S/C27H22/c1-3-12-22(13-4-1)27(24-16-8-9-17-24,23-14-5-2-6-15-23)26-20-19-21-11-7-10-18-25(21)26/h1-8,10-18,20H,9,19H2. The van der Waals surface area contributed by atoms with Gasteiger partial charge in [0.25, 0.3) is 0 Å². The number of hydrogen-bond acceptors (Lipinski definition) is 0. The van der Waals surface area contributed by atoms with Crippen LogP contribution in [0.15, 0.2) is 115 Å². The molecule has 0 aliphatic heterocycles. The van der Waals surface area contributed by atoms with Crippen LogP contribution in [0.5, 0.6) is 0 Å². The molecule has 0 bridgehead atoms. The highest BCUT2D eigenvalue weighted by atomic mass is 14.4. The summed E-state index contributed by atoms with van der Waals surface area (Å²) < 4.78 is 0. The average molecular weight is 346 g/mol. The van der Waals surface area contributed by atoms with Crippen LogP contribution in [0.2, 0.25) is 0 Å². The van der Waals surface area contributed by atoms with Gasteiger partial charge in [0, 0.05) is 0 Å². The minimum atomic E-state index is -0.276. The third-order valence-electron chi connectivity index (χ3n) is 5.86. The van der Waals surface area contributed by atoms with E-state index in [2.05, 4.69) is 109 Å². The van der Waals surface area contributed by atoms with Crippen molar-refractivity contribution in [1.82, 2.24) is 0 Å². The molecule has 0 amide bonds. The minimum absolute atomic E-state index is 0.276. The maximum absolute atomic E-state index is 2.44. The number of allylic oxidation sites excluding steroid dienone is 6. The van der Waals surface area contributed by atoms with E-state index in [1.807, 2.05) is 0 Å². The van der Waals surface area contributed by atoms with Crippen molar-refractivity contribution < 1.29 is 0 Å². The summed E-state index contributed by atoms with van der Waals surface area (Å²) in [6.07, 6.45) is 11.4. The van der Waals surface area contributed by atoms with Gasteiger partial charge in [0.2, 0.25) is 0 Å². The number of hydrogen-bond donors (Lipinski definition) is 0. The molecule has 0 saturated carbocycles. The van der Waals surface area contributed by atoms with Crippen molar-refractivity contribution in [2.75, 3.05) is 0 Å². The van der Waals surface area contributed by atoms with Gasteiger partial charge in [0.15, 0.2) is 0 Å². The van der Waals surface area contributed by atoms with Gasteiger partial charge in [-0.3, -0.25) is 0 Å². The number of benzene rings is 3. The molecule has 0 fully saturated rings. The summed E-state index contributed by atoms with van der Waals surface area (Å²) in [5.74, 6) is 0. The summed E-state index contributed by atoms with van der Waals surface area (Å²) in [6, 6.07) is 30.8. The lowest BCUT2D eigenvalue weighted by atomic mass is 9.63. The topological polar surface area (TPSA) is 0 Å². The molecule has 27 heavy (non-hydrogen) atoms. The van der Waals surface area contributed by atoms with Gasteiger partial charge in [0.1, 0.15) is 0 Å². The zero-order valence-electron chi connectivity index (χ0n) is 15.3. The summed E-state index contributed by atoms with van der Waals surface area (Å²) >= 11 is 0. The lowest BCUT2D eigenvalue weighted by Crippen LogP contribution is -2.31. The van der Waals surface area contributed by atoms with Crippen LogP contribution in [0.25, 0.3) is 5.57 Å². The smallest absolute Gasteiger partial charge is 0.0701 e. The van der Waals surface area contributed by atoms with E-state index in [0.717, 1.165) is 12.8 Å². The molecule has 3 aromatic rings. The van der Waals surface area contributed by atoms with E-state index in [-0.39, 0.29) is 5.41 Å². The van der Waals surface area contributed by atoms with Crippen LogP contribution >= 0.6 is 0 Å². The van der Waals surface area contributed by atoms with E-state index in [9.17, 15) is 0 Å². The molecule has 0 spiro atoms. The summed E-state index contributed by atoms with van der Waals surface area (Å²) in [4.78, 5) is 0. The van der Waals surface area contributed by atoms with Crippen LogP contribution < -0.4 is 0 Å². The van der Waals surface area contributed by atoms with E-state index >= 15 is 0 Å². The third kappa shape index (κ3) is 2.44. The first kappa shape index (κ1) is 16.1. The summed E-state index contributed by atoms with van der Waals surface area (Å²) in [5.41, 5.74) is 7.98. The van der Waals surface area contributed by atoms with Gasteiger partial charge in [-0.05, 0) is 46.2 Å². The predicted molar refractivity (Wildman–Crippen MR) is 114 cm³/mol. The molecule has 2 aliphatic carbocycles. The maximum Gasteiger partial charge on any atom is 0.0701 e. The Kier molecular flexibility index (Phi) is 3.90. The minimum Gasteiger partial charge on any atom is -0.0804 e. The Hall–Kier alpha value is -3.12. The summed E-state index contributed by atoms with van der Waals surface area (Å²) in [6.45, 7) is 0. The van der Waals surface area contributed by atoms with Crippen LogP contribution in [0.1, 0.15) is 28.7 Å². The Labute approximate surface area is 161 Å². The molecule has 0 saturated heterocycles. The van der Waals surface area contributed by atoms with Crippen molar-refractivity contribution in [3.8, 4) is 0 Å². The van der Waals surface area contributed by atoms with Crippen LogP contribution in [0.4, 0.5) is 0 Å². The number of fused-ring (bicyclic) bond motifs is 1. The molecule has 0 nitrogen and oxygen atoms in total. The molecule has 3 aromatic carbocycles. The Morgan fingerprint density at radius 3 is 1.89 bits per heavy atom. The lowest BCUT2D eigenvalue weighted by Gasteiger charge is -2.38. The summed E-state index contributed by atoms with van der Waals surface area (Å²) in [7, 11) is 0. The van der Waals surface area contributed by atoms with Gasteiger partial charge in [-0.1, -0.05) is 109 Å². The molecular formula is C27H22. The fourth-order valence-corrected chi connectivity index (χ4v) is 4.72. The van der Waals surface area contributed by atoms with E-state index < -0.39 is 0 Å². The van der Waals surface area contributed by atoms with Crippen LogP contribution in [-0.2, 0) is 11.8 Å². The third-order valence-corrected chi connectivity index (χ3v) is 5.86. The second kappa shape index (κ2) is 6.55. The quantitative estimate of drug-likeness (QED) is 0.506. The molecule has 0 heteroatoms. The van der Waals surface area contributed by atoms with Crippen LogP contribution in [0.3, 0.4) is 0 Å². The zero-order valence-corrected chi connectivity index (χ0v) is 15.3. The SMILES string of the molecule is C1=CC(C(C2=CCc3ccccc32)(c2ccccc2)c2ccccc2)=CC1. The average Bonchev–Trinajstić information content (AvgIpc) is 3.42. The second-order valence-corrected chi connectivity index (χ2v) is 7.26. The van der Waals surface area contributed by atoms with Gasteiger partial charge < -0.3 is 0 Å². The fraction of sp³-hybridized carbons (Fsp3) is 0.111. The molecule has 0 atom stereocenters. The zero-order chi connectivity index (χ0) is 18.1. The van der Waals surface area contributed by atoms with Crippen molar-refractivity contribution in [2.24, 2.45) is 0 Å². The first-order chi connectivity index (χ1) is 13.4. The van der Waals surface area contributed by atoms with Gasteiger partial charge in [-0.15, -0.1) is 0 Å². The summed E-state index contributed by atoms with van der Waals surface area (Å²) in [5, 5.41) is 0. The van der Waals surface area contributed by atoms with Crippen molar-refractivity contribution in [3.63, 3.8) is 0 Å². The maximum atomic E-state index is 2.44. The van der Waals surface area contributed by atoms with Crippen molar-refractivity contribution in [2.45, 2.75) is 18.3 Å². The molecule has 0 unspecified atom stereocenters. The monoisotopic (exact) mass is 346 g/mol. The van der Waals surface area contributed by atoms with Crippen LogP contribution in [0, 0.1) is 0 Å². The molecule has 0 heterocycles. The molecular weight excluding hydrogens is 324 g/mol. The molecule has 130 valence electrons. The van der Waals surface area contributed by atoms with E-state index in [1.165, 1.54) is 33.4 Å². The van der Waals surface area contributed by atoms with E-state index in [0.29, 0.717) is 0 Å². The normalized spacial score (nSPS) is 15.4. The van der Waals surface area contributed by atoms with Crippen molar-refractivity contribution in [1.29, 1.82) is 0 Å². The number of rotatable bonds is 4. The largest absolute Gasteiger partial charge is 0.0804 e. The molecule has 0 radical (unpaired) electrons. The predicted octanol–water partition coefficient (Wildman–Crippen LogP) is 6.50. The van der Waals surface area contributed by atoms with Gasteiger partial charge in [0.05, 0.1) is 5.41 Å². The molecule has 5 rings (SSSR count). The Balaban J connectivity index is 1.87. The van der Waals surface area contributed by atoms with Gasteiger partial charge in [-0.2, -0.15) is 0 Å². The highest BCUT2D eigenvalue weighted by Crippen LogP contribution is 2.53. The van der Waals surface area contributed by atoms with Crippen molar-refractivity contribution in [3.05, 3.63) is 137 Å². The van der Waals surface area contributed by atoms with Gasteiger partial charge in [-0.25, -0.2) is 0 Å². The van der Waals surface area contributed by atoms with Crippen molar-refractivity contribution >= 4 is 5.57 Å². The highest BCUT2D eigenvalue weighted by molar-refractivity contribution is 5.88. The Bertz CT molecular complexity index is 1010. The van der Waals surface area contributed by atoms with Crippen LogP contribution in [-0.4, -0.2) is 0 Å². The highest BCUT2D eigenvalue weighted by Gasteiger charge is 2.43. The fourth-order valence-electron chi connectivity index (χ4n) is 4.72. The second-order valence-electron chi connectivity index (χ2n) is 7.26. The lowest BCUT2D eigenvalue weighted by molar-refractivity contribution is 0.802. The molecule has 2 aliphatic rings. The van der Waals surface area contributed by atoms with E-state index in [4.69, 9.17) is 0 Å². The molecule has 0 aromatic heterocycles. The Morgan fingerprint density at radius 1 is 0.630 bits per heavy atom. The first-order valence-corrected chi connectivity index (χ1v) is 9.68. The van der Waals surface area contributed by atoms with E-state index in [1.54, 1.807) is 0 Å².